The van der Waals surface area contributed by atoms with Crippen molar-refractivity contribution in [2.24, 2.45) is 7.05 Å². The number of ether oxygens (including phenoxy) is 4. The molecule has 28 heteroatoms. The molecule has 0 radical (unpaired) electrons. The summed E-state index contributed by atoms with van der Waals surface area (Å²) >= 11 is 0. The zero-order valence-corrected chi connectivity index (χ0v) is 34.2. The molecule has 0 atom stereocenters. The fraction of sp³-hybridized carbons (Fsp3) is 0.290. The van der Waals surface area contributed by atoms with Crippen molar-refractivity contribution in [1.29, 1.82) is 0 Å². The highest BCUT2D eigenvalue weighted by Gasteiger charge is 2.28. The van der Waals surface area contributed by atoms with Crippen molar-refractivity contribution in [1.82, 2.24) is 38.5 Å². The molecule has 4 aromatic rings. The molecule has 59 heavy (non-hydrogen) atoms. The van der Waals surface area contributed by atoms with E-state index in [0.717, 1.165) is 36.1 Å². The van der Waals surface area contributed by atoms with Crippen LogP contribution in [0.3, 0.4) is 0 Å². The van der Waals surface area contributed by atoms with Crippen molar-refractivity contribution in [3.63, 3.8) is 0 Å². The highest BCUT2D eigenvalue weighted by atomic mass is 32.2. The Labute approximate surface area is 335 Å². The number of aromatic carboxylic acids is 1. The average Bonchev–Trinajstić information content (AvgIpc) is 3.47. The Bertz CT molecular complexity index is 2610. The van der Waals surface area contributed by atoms with E-state index in [1.807, 2.05) is 6.92 Å². The molecule has 2 aromatic heterocycles. The monoisotopic (exact) mass is 887 g/mol. The molecule has 0 aliphatic carbocycles. The van der Waals surface area contributed by atoms with E-state index < -0.39 is 75.1 Å². The van der Waals surface area contributed by atoms with Crippen molar-refractivity contribution in [3.05, 3.63) is 75.7 Å². The van der Waals surface area contributed by atoms with Crippen LogP contribution < -0.4 is 39.4 Å². The minimum Gasteiger partial charge on any atom is -0.481 e. The number of rotatable bonds is 15. The summed E-state index contributed by atoms with van der Waals surface area (Å²) in [5.74, 6) is -2.77. The van der Waals surface area contributed by atoms with Crippen molar-refractivity contribution in [2.45, 2.75) is 29.7 Å². The van der Waals surface area contributed by atoms with Gasteiger partial charge in [-0.25, -0.2) is 68.0 Å². The summed E-state index contributed by atoms with van der Waals surface area (Å²) in [6.07, 6.45) is 1.55. The number of carboxylic acids is 1. The summed E-state index contributed by atoms with van der Waals surface area (Å²) in [6, 6.07) is 6.87. The Morgan fingerprint density at radius 1 is 0.831 bits per heavy atom. The third-order valence-electron chi connectivity index (χ3n) is 7.03. The zero-order chi connectivity index (χ0) is 44.3. The first-order valence-corrected chi connectivity index (χ1v) is 21.1. The van der Waals surface area contributed by atoms with Gasteiger partial charge in [-0.15, -0.1) is 9.78 Å². The Kier molecular flexibility index (Phi) is 15.6. The van der Waals surface area contributed by atoms with Gasteiger partial charge in [-0.3, -0.25) is 5.32 Å². The number of methoxy groups -OCH3 is 3. The number of urea groups is 1. The van der Waals surface area contributed by atoms with E-state index in [2.05, 4.69) is 29.8 Å². The van der Waals surface area contributed by atoms with E-state index in [1.54, 1.807) is 9.44 Å². The molecule has 4 rings (SSSR count). The molecule has 0 saturated carbocycles. The van der Waals surface area contributed by atoms with Crippen LogP contribution in [0.1, 0.15) is 39.6 Å². The molecule has 0 saturated heterocycles. The second-order valence-electron chi connectivity index (χ2n) is 11.3. The third kappa shape index (κ3) is 12.7. The van der Waals surface area contributed by atoms with Gasteiger partial charge in [0.05, 0.1) is 51.4 Å². The van der Waals surface area contributed by atoms with Crippen molar-refractivity contribution >= 4 is 60.0 Å². The minimum atomic E-state index is -4.70. The van der Waals surface area contributed by atoms with Crippen molar-refractivity contribution in [2.75, 3.05) is 39.5 Å². The predicted octanol–water partition coefficient (Wildman–Crippen LogP) is -0.145. The molecule has 0 aliphatic heterocycles. The molecule has 320 valence electrons. The number of esters is 1. The van der Waals surface area contributed by atoms with Gasteiger partial charge in [0.1, 0.15) is 9.79 Å². The number of hydrogen-bond acceptors (Lipinski definition) is 18. The van der Waals surface area contributed by atoms with Crippen LogP contribution in [0.4, 0.5) is 15.5 Å². The van der Waals surface area contributed by atoms with Crippen LogP contribution in [0.2, 0.25) is 0 Å². The van der Waals surface area contributed by atoms with E-state index in [1.165, 1.54) is 51.6 Å². The SMILES string of the molecule is CCCOc1nn(C(=O)NS(=O)(=O)c2ccccc2C(=O)OC)c(=O)n1C.COc1cc(OC)nc(NC(=O)NS(=O)(=O)c2cc(CNS(C)(=O)=O)ccc2C(=O)O)n1. The number of carboxylic acid groups (broad SMARTS) is 1. The zero-order valence-electron chi connectivity index (χ0n) is 31.8. The fourth-order valence-electron chi connectivity index (χ4n) is 4.33. The number of carbonyl (C=O) groups is 4. The largest absolute Gasteiger partial charge is 0.481 e. The highest BCUT2D eigenvalue weighted by molar-refractivity contribution is 7.90. The third-order valence-corrected chi connectivity index (χ3v) is 10.4. The lowest BCUT2D eigenvalue weighted by Crippen LogP contribution is -2.40. The quantitative estimate of drug-likeness (QED) is 0.0969. The van der Waals surface area contributed by atoms with Gasteiger partial charge in [0.15, 0.2) is 0 Å². The number of sulfonamides is 3. The first-order valence-electron chi connectivity index (χ1n) is 16.2. The number of amides is 3. The highest BCUT2D eigenvalue weighted by Crippen LogP contribution is 2.21. The summed E-state index contributed by atoms with van der Waals surface area (Å²) in [5, 5.41) is 15.1. The molecule has 0 bridgehead atoms. The number of nitrogens with zero attached hydrogens (tertiary/aromatic N) is 5. The first kappa shape index (κ1) is 46.7. The molecular weight excluding hydrogens is 851 g/mol. The Balaban J connectivity index is 0.000000320. The van der Waals surface area contributed by atoms with Crippen molar-refractivity contribution < 1.29 is 68.5 Å². The first-order chi connectivity index (χ1) is 27.6. The normalized spacial score (nSPS) is 11.3. The molecule has 0 aliphatic rings. The van der Waals surface area contributed by atoms with Gasteiger partial charge >= 0.3 is 35.7 Å². The Morgan fingerprint density at radius 2 is 1.44 bits per heavy atom. The van der Waals surface area contributed by atoms with E-state index in [0.29, 0.717) is 11.1 Å². The van der Waals surface area contributed by atoms with Gasteiger partial charge in [-0.1, -0.05) is 25.1 Å². The molecule has 2 heterocycles. The number of aromatic nitrogens is 5. The minimum absolute atomic E-state index is 0.0225. The van der Waals surface area contributed by atoms with E-state index >= 15 is 0 Å². The van der Waals surface area contributed by atoms with Crippen LogP contribution in [0, 0.1) is 0 Å². The number of anilines is 1. The second kappa shape index (κ2) is 19.7. The molecule has 2 aromatic carbocycles. The fourth-order valence-corrected chi connectivity index (χ4v) is 7.04. The van der Waals surface area contributed by atoms with Gasteiger partial charge < -0.3 is 24.1 Å². The number of carbonyl (C=O) groups excluding carboxylic acids is 3. The maximum absolute atomic E-state index is 12.7. The van der Waals surface area contributed by atoms with Crippen LogP contribution in [-0.2, 0) is 48.4 Å². The molecule has 3 amide bonds. The van der Waals surface area contributed by atoms with Crippen molar-refractivity contribution in [3.8, 4) is 17.8 Å². The van der Waals surface area contributed by atoms with E-state index in [4.69, 9.17) is 14.2 Å². The van der Waals surface area contributed by atoms with Gasteiger partial charge in [-0.05, 0) is 36.2 Å². The average molecular weight is 888 g/mol. The lowest BCUT2D eigenvalue weighted by molar-refractivity contribution is 0.0595. The van der Waals surface area contributed by atoms with E-state index in [9.17, 15) is 54.3 Å². The molecule has 0 spiro atoms. The number of nitrogens with one attached hydrogen (secondary N) is 4. The summed E-state index contributed by atoms with van der Waals surface area (Å²) < 4.78 is 99.3. The number of benzene rings is 2. The van der Waals surface area contributed by atoms with Crippen LogP contribution in [0.5, 0.6) is 17.8 Å². The molecule has 5 N–H and O–H groups in total. The van der Waals surface area contributed by atoms with Gasteiger partial charge in [0.2, 0.25) is 27.7 Å². The van der Waals surface area contributed by atoms with Gasteiger partial charge in [-0.2, -0.15) is 9.97 Å². The maximum atomic E-state index is 12.7. The van der Waals surface area contributed by atoms with E-state index in [-0.39, 0.29) is 48.0 Å². The standard InChI is InChI=1S/C16H19N5O9S2.C15H18N4O7S/c1-29-12-7-13(30-2)19-15(18-12)20-16(24)21-32(27,28)11-6-9(8-17-31(3,25)26)4-5-10(11)14(22)23;1-4-9-26-14-16-19(15(22)18(14)2)13(21)17-27(23,24)11-8-6-5-7-10(11)12(20)25-3/h4-7,17H,8H2,1-3H3,(H,22,23)(H2,18,19,20,21,24);5-8H,4,9H2,1-3H3,(H,17,21). The summed E-state index contributed by atoms with van der Waals surface area (Å²) in [7, 11) is -7.76. The van der Waals surface area contributed by atoms with Crippen LogP contribution >= 0.6 is 0 Å². The lowest BCUT2D eigenvalue weighted by Gasteiger charge is -2.12. The van der Waals surface area contributed by atoms with Crippen LogP contribution in [0.15, 0.2) is 63.1 Å². The second-order valence-corrected chi connectivity index (χ2v) is 16.5. The van der Waals surface area contributed by atoms with Gasteiger partial charge in [0, 0.05) is 13.6 Å². The molecule has 25 nitrogen and oxygen atoms in total. The molecular formula is C31H37N9O16S3. The predicted molar refractivity (Wildman–Crippen MR) is 202 cm³/mol. The molecule has 0 unspecified atom stereocenters. The maximum Gasteiger partial charge on any atom is 0.360 e. The Hall–Kier alpha value is -6.65. The van der Waals surface area contributed by atoms with Gasteiger partial charge in [0.25, 0.3) is 20.0 Å². The Morgan fingerprint density at radius 3 is 2.00 bits per heavy atom. The summed E-state index contributed by atoms with van der Waals surface area (Å²) in [4.78, 5) is 66.2. The van der Waals surface area contributed by atoms with Crippen LogP contribution in [-0.4, -0.2) is 113 Å². The van der Waals surface area contributed by atoms with Crippen LogP contribution in [0.25, 0.3) is 0 Å². The summed E-state index contributed by atoms with van der Waals surface area (Å²) in [5.41, 5.74) is -1.65. The smallest absolute Gasteiger partial charge is 0.360 e. The number of hydrogen-bond donors (Lipinski definition) is 5. The lowest BCUT2D eigenvalue weighted by atomic mass is 10.1. The summed E-state index contributed by atoms with van der Waals surface area (Å²) in [6.45, 7) is 1.80. The topological polar surface area (TPSA) is 342 Å². The molecule has 0 fully saturated rings.